The van der Waals surface area contributed by atoms with Gasteiger partial charge in [-0.05, 0) is 19.9 Å². The maximum atomic E-state index is 8.79. The summed E-state index contributed by atoms with van der Waals surface area (Å²) < 4.78 is 0. The first kappa shape index (κ1) is 11.2. The predicted octanol–water partition coefficient (Wildman–Crippen LogP) is 1.67. The van der Waals surface area contributed by atoms with Gasteiger partial charge in [0.1, 0.15) is 11.8 Å². The predicted molar refractivity (Wildman–Crippen MR) is 59.6 cm³/mol. The molecular weight excluding hydrogens is 188 g/mol. The van der Waals surface area contributed by atoms with Gasteiger partial charge in [0, 0.05) is 18.8 Å². The van der Waals surface area contributed by atoms with Gasteiger partial charge in [-0.3, -0.25) is 0 Å². The molecule has 0 unspecified atom stereocenters. The molecule has 0 atom stereocenters. The summed E-state index contributed by atoms with van der Waals surface area (Å²) >= 11 is 0. The van der Waals surface area contributed by atoms with Crippen LogP contribution in [0.5, 0.6) is 0 Å². The van der Waals surface area contributed by atoms with E-state index in [9.17, 15) is 0 Å². The number of aromatic nitrogens is 2. The minimum absolute atomic E-state index is 0.403. The summed E-state index contributed by atoms with van der Waals surface area (Å²) in [5.41, 5.74) is 1.21. The summed E-state index contributed by atoms with van der Waals surface area (Å²) in [4.78, 5) is 10.4. The highest BCUT2D eigenvalue weighted by Gasteiger charge is 2.07. The van der Waals surface area contributed by atoms with Crippen LogP contribution in [0.3, 0.4) is 0 Å². The first-order chi connectivity index (χ1) is 7.21. The lowest BCUT2D eigenvalue weighted by Crippen LogP contribution is -2.25. The molecule has 0 saturated heterocycles. The van der Waals surface area contributed by atoms with Crippen molar-refractivity contribution in [2.75, 3.05) is 18.0 Å². The quantitative estimate of drug-likeness (QED) is 0.697. The number of likely N-dealkylation sites (N-methyl/N-ethyl adjacent to an activating group) is 1. The molecule has 0 radical (unpaired) electrons. The van der Waals surface area contributed by atoms with Crippen molar-refractivity contribution in [3.8, 4) is 6.07 Å². The zero-order chi connectivity index (χ0) is 11.3. The van der Waals surface area contributed by atoms with E-state index in [-0.39, 0.29) is 0 Å². The van der Waals surface area contributed by atoms with Crippen LogP contribution < -0.4 is 4.90 Å². The van der Waals surface area contributed by atoms with Crippen molar-refractivity contribution in [3.05, 3.63) is 30.1 Å². The van der Waals surface area contributed by atoms with E-state index in [4.69, 9.17) is 5.26 Å². The van der Waals surface area contributed by atoms with Crippen molar-refractivity contribution in [1.82, 2.24) is 9.97 Å². The molecule has 0 amide bonds. The molecule has 1 aromatic rings. The monoisotopic (exact) mass is 202 g/mol. The van der Waals surface area contributed by atoms with Crippen LogP contribution in [-0.4, -0.2) is 23.1 Å². The Hall–Kier alpha value is -1.89. The van der Waals surface area contributed by atoms with Gasteiger partial charge in [0.05, 0.1) is 0 Å². The molecule has 0 aliphatic rings. The summed E-state index contributed by atoms with van der Waals surface area (Å²) in [7, 11) is 0. The van der Waals surface area contributed by atoms with E-state index < -0.39 is 0 Å². The average Bonchev–Trinajstić information content (AvgIpc) is 2.24. The molecule has 0 N–H and O–H groups in total. The van der Waals surface area contributed by atoms with Gasteiger partial charge in [0.15, 0.2) is 0 Å². The van der Waals surface area contributed by atoms with Gasteiger partial charge in [-0.25, -0.2) is 9.97 Å². The molecule has 0 aliphatic heterocycles. The largest absolute Gasteiger partial charge is 0.337 e. The van der Waals surface area contributed by atoms with Crippen molar-refractivity contribution in [3.63, 3.8) is 0 Å². The highest BCUT2D eigenvalue weighted by atomic mass is 15.2. The minimum Gasteiger partial charge on any atom is -0.337 e. The molecule has 0 fully saturated rings. The van der Waals surface area contributed by atoms with E-state index >= 15 is 0 Å². The fraction of sp³-hybridized carbons (Fsp3) is 0.364. The summed E-state index contributed by atoms with van der Waals surface area (Å²) in [5.74, 6) is 0.592. The lowest BCUT2D eigenvalue weighted by Gasteiger charge is -2.18. The third-order valence-corrected chi connectivity index (χ3v) is 1.97. The average molecular weight is 202 g/mol. The van der Waals surface area contributed by atoms with Crippen molar-refractivity contribution in [1.29, 1.82) is 5.26 Å². The van der Waals surface area contributed by atoms with Gasteiger partial charge in [0.2, 0.25) is 5.95 Å². The number of hydrogen-bond acceptors (Lipinski definition) is 4. The Morgan fingerprint density at radius 1 is 1.60 bits per heavy atom. The van der Waals surface area contributed by atoms with E-state index in [0.29, 0.717) is 18.2 Å². The molecule has 0 spiro atoms. The Morgan fingerprint density at radius 3 is 2.87 bits per heavy atom. The molecule has 78 valence electrons. The van der Waals surface area contributed by atoms with E-state index in [1.165, 1.54) is 0 Å². The Bertz CT molecular complexity index is 392. The molecule has 0 aromatic carbocycles. The Labute approximate surface area is 89.9 Å². The second kappa shape index (κ2) is 5.11. The summed E-state index contributed by atoms with van der Waals surface area (Å²) in [6.45, 7) is 9.02. The number of nitrogens with zero attached hydrogens (tertiary/aromatic N) is 4. The molecule has 1 heterocycles. The smallest absolute Gasteiger partial charge is 0.227 e. The van der Waals surface area contributed by atoms with Gasteiger partial charge in [-0.1, -0.05) is 6.08 Å². The summed E-state index contributed by atoms with van der Waals surface area (Å²) in [6, 6.07) is 3.70. The molecule has 0 bridgehead atoms. The van der Waals surface area contributed by atoms with Gasteiger partial charge in [0.25, 0.3) is 0 Å². The molecule has 1 aromatic heterocycles. The number of anilines is 1. The van der Waals surface area contributed by atoms with Crippen LogP contribution in [0.15, 0.2) is 18.7 Å². The molecule has 4 heteroatoms. The van der Waals surface area contributed by atoms with Crippen LogP contribution >= 0.6 is 0 Å². The number of aryl methyl sites for hydroxylation is 1. The lowest BCUT2D eigenvalue weighted by molar-refractivity contribution is 0.844. The van der Waals surface area contributed by atoms with Crippen LogP contribution in [-0.2, 0) is 0 Å². The van der Waals surface area contributed by atoms with E-state index in [1.807, 2.05) is 24.8 Å². The topological polar surface area (TPSA) is 52.8 Å². The minimum atomic E-state index is 0.403. The third-order valence-electron chi connectivity index (χ3n) is 1.97. The Morgan fingerprint density at radius 2 is 2.33 bits per heavy atom. The standard InChI is InChI=1S/C11H14N4/c1-4-6-15(5-2)11-13-9(3)7-10(8-12)14-11/h4,7H,1,5-6H2,2-3H3. The SMILES string of the molecule is C=CCN(CC)c1nc(C)cc(C#N)n1. The van der Waals surface area contributed by atoms with Crippen LogP contribution in [0.1, 0.15) is 18.3 Å². The molecule has 15 heavy (non-hydrogen) atoms. The van der Waals surface area contributed by atoms with Crippen LogP contribution in [0.25, 0.3) is 0 Å². The summed E-state index contributed by atoms with van der Waals surface area (Å²) in [6.07, 6.45) is 1.79. The first-order valence-electron chi connectivity index (χ1n) is 4.83. The molecule has 1 rings (SSSR count). The van der Waals surface area contributed by atoms with Crippen LogP contribution in [0, 0.1) is 18.3 Å². The van der Waals surface area contributed by atoms with Gasteiger partial charge >= 0.3 is 0 Å². The van der Waals surface area contributed by atoms with E-state index in [2.05, 4.69) is 16.5 Å². The van der Waals surface area contributed by atoms with Crippen LogP contribution in [0.2, 0.25) is 0 Å². The van der Waals surface area contributed by atoms with Crippen molar-refractivity contribution in [2.24, 2.45) is 0 Å². The van der Waals surface area contributed by atoms with Gasteiger partial charge in [-0.2, -0.15) is 5.26 Å². The third kappa shape index (κ3) is 2.78. The highest BCUT2D eigenvalue weighted by Crippen LogP contribution is 2.09. The molecular formula is C11H14N4. The first-order valence-corrected chi connectivity index (χ1v) is 4.83. The molecule has 0 aliphatic carbocycles. The zero-order valence-corrected chi connectivity index (χ0v) is 9.06. The maximum absolute atomic E-state index is 8.79. The Balaban J connectivity index is 3.06. The fourth-order valence-electron chi connectivity index (χ4n) is 1.26. The van der Waals surface area contributed by atoms with E-state index in [0.717, 1.165) is 12.2 Å². The second-order valence-corrected chi connectivity index (χ2v) is 3.13. The number of rotatable bonds is 4. The highest BCUT2D eigenvalue weighted by molar-refractivity contribution is 5.36. The molecule has 4 nitrogen and oxygen atoms in total. The fourth-order valence-corrected chi connectivity index (χ4v) is 1.26. The van der Waals surface area contributed by atoms with Crippen molar-refractivity contribution in [2.45, 2.75) is 13.8 Å². The van der Waals surface area contributed by atoms with Gasteiger partial charge in [-0.15, -0.1) is 6.58 Å². The summed E-state index contributed by atoms with van der Waals surface area (Å²) in [5, 5.41) is 8.79. The van der Waals surface area contributed by atoms with E-state index in [1.54, 1.807) is 12.1 Å². The molecule has 0 saturated carbocycles. The van der Waals surface area contributed by atoms with Crippen molar-refractivity contribution >= 4 is 5.95 Å². The van der Waals surface area contributed by atoms with Crippen LogP contribution in [0.4, 0.5) is 5.95 Å². The maximum Gasteiger partial charge on any atom is 0.227 e. The van der Waals surface area contributed by atoms with Crippen molar-refractivity contribution < 1.29 is 0 Å². The Kier molecular flexibility index (Phi) is 3.81. The zero-order valence-electron chi connectivity index (χ0n) is 9.06. The normalized spacial score (nSPS) is 9.40. The number of hydrogen-bond donors (Lipinski definition) is 0. The van der Waals surface area contributed by atoms with Gasteiger partial charge < -0.3 is 4.90 Å². The number of nitriles is 1. The second-order valence-electron chi connectivity index (χ2n) is 3.13. The lowest BCUT2D eigenvalue weighted by atomic mass is 10.3.